The molecule has 0 bridgehead atoms. The number of hydrogen-bond donors (Lipinski definition) is 3. The number of anilines is 1. The second kappa shape index (κ2) is 6.45. The van der Waals surface area contributed by atoms with E-state index in [1.807, 2.05) is 6.07 Å². The van der Waals surface area contributed by atoms with Gasteiger partial charge in [-0.05, 0) is 42.1 Å². The Labute approximate surface area is 148 Å². The predicted molar refractivity (Wildman–Crippen MR) is 96.7 cm³/mol. The van der Waals surface area contributed by atoms with Gasteiger partial charge in [0.15, 0.2) is 0 Å². The molecule has 0 aliphatic rings. The van der Waals surface area contributed by atoms with Crippen LogP contribution in [-0.2, 0) is 0 Å². The molecule has 0 aliphatic carbocycles. The average molecular weight is 356 g/mol. The van der Waals surface area contributed by atoms with Gasteiger partial charge in [0, 0.05) is 21.7 Å². The highest BCUT2D eigenvalue weighted by atomic mass is 35.5. The summed E-state index contributed by atoms with van der Waals surface area (Å²) < 4.78 is 0. The normalized spacial score (nSPS) is 10.6. The minimum Gasteiger partial charge on any atom is -0.507 e. The second-order valence-corrected chi connectivity index (χ2v) is 6.00. The number of aromatic carboxylic acids is 1. The number of phenols is 1. The number of halogens is 1. The molecule has 0 saturated carbocycles. The number of carboxylic acid groups (broad SMARTS) is 1. The largest absolute Gasteiger partial charge is 0.507 e. The molecule has 0 spiro atoms. The van der Waals surface area contributed by atoms with Crippen molar-refractivity contribution < 1.29 is 19.8 Å². The zero-order chi connectivity index (χ0) is 18.1. The number of rotatable bonds is 3. The standard InChI is InChI=1S/C19H14ClNO4/c1-10-8-11(9-15(17(10)22)19(24)25)21-18(23)14-6-2-5-13-12(14)4-3-7-16(13)20/h2-9,22H,1H3,(H,21,23)(H,24,25). The van der Waals surface area contributed by atoms with E-state index >= 15 is 0 Å². The molecule has 6 heteroatoms. The highest BCUT2D eigenvalue weighted by Gasteiger charge is 2.16. The minimum atomic E-state index is -1.27. The van der Waals surface area contributed by atoms with Crippen molar-refractivity contribution in [3.63, 3.8) is 0 Å². The van der Waals surface area contributed by atoms with E-state index in [-0.39, 0.29) is 17.0 Å². The summed E-state index contributed by atoms with van der Waals surface area (Å²) in [5.74, 6) is -1.98. The Hall–Kier alpha value is -3.05. The van der Waals surface area contributed by atoms with E-state index in [1.165, 1.54) is 12.1 Å². The highest BCUT2D eigenvalue weighted by Crippen LogP contribution is 2.29. The Balaban J connectivity index is 2.02. The first-order valence-electron chi connectivity index (χ1n) is 7.44. The van der Waals surface area contributed by atoms with Crippen molar-refractivity contribution in [2.45, 2.75) is 6.92 Å². The van der Waals surface area contributed by atoms with Crippen molar-refractivity contribution in [1.82, 2.24) is 0 Å². The van der Waals surface area contributed by atoms with Gasteiger partial charge in [0.05, 0.1) is 0 Å². The third-order valence-electron chi connectivity index (χ3n) is 3.90. The number of nitrogens with one attached hydrogen (secondary N) is 1. The van der Waals surface area contributed by atoms with Gasteiger partial charge in [-0.3, -0.25) is 4.79 Å². The van der Waals surface area contributed by atoms with E-state index < -0.39 is 11.9 Å². The van der Waals surface area contributed by atoms with E-state index in [0.717, 1.165) is 5.39 Å². The Morgan fingerprint density at radius 1 is 1.00 bits per heavy atom. The number of benzene rings is 3. The number of hydrogen-bond acceptors (Lipinski definition) is 3. The van der Waals surface area contributed by atoms with Crippen molar-refractivity contribution in [1.29, 1.82) is 0 Å². The molecule has 0 aliphatic heterocycles. The molecule has 25 heavy (non-hydrogen) atoms. The molecule has 1 amide bonds. The lowest BCUT2D eigenvalue weighted by Crippen LogP contribution is -2.13. The van der Waals surface area contributed by atoms with Crippen LogP contribution < -0.4 is 5.32 Å². The molecule has 3 rings (SSSR count). The monoisotopic (exact) mass is 355 g/mol. The fourth-order valence-electron chi connectivity index (χ4n) is 2.68. The van der Waals surface area contributed by atoms with Gasteiger partial charge < -0.3 is 15.5 Å². The molecule has 3 aromatic carbocycles. The summed E-state index contributed by atoms with van der Waals surface area (Å²) in [7, 11) is 0. The van der Waals surface area contributed by atoms with Crippen LogP contribution in [0.1, 0.15) is 26.3 Å². The lowest BCUT2D eigenvalue weighted by atomic mass is 10.0. The van der Waals surface area contributed by atoms with E-state index in [1.54, 1.807) is 37.3 Å². The molecule has 0 heterocycles. The first-order valence-corrected chi connectivity index (χ1v) is 7.82. The summed E-state index contributed by atoms with van der Waals surface area (Å²) in [4.78, 5) is 23.9. The minimum absolute atomic E-state index is 0.267. The Bertz CT molecular complexity index is 1010. The van der Waals surface area contributed by atoms with Crippen LogP contribution in [0, 0.1) is 6.92 Å². The van der Waals surface area contributed by atoms with Crippen LogP contribution >= 0.6 is 11.6 Å². The smallest absolute Gasteiger partial charge is 0.339 e. The van der Waals surface area contributed by atoms with Crippen molar-refractivity contribution >= 4 is 39.9 Å². The number of fused-ring (bicyclic) bond motifs is 1. The van der Waals surface area contributed by atoms with Crippen LogP contribution in [0.15, 0.2) is 48.5 Å². The van der Waals surface area contributed by atoms with E-state index in [0.29, 0.717) is 21.5 Å². The van der Waals surface area contributed by atoms with Crippen LogP contribution in [0.4, 0.5) is 5.69 Å². The fraction of sp³-hybridized carbons (Fsp3) is 0.0526. The fourth-order valence-corrected chi connectivity index (χ4v) is 2.92. The van der Waals surface area contributed by atoms with Gasteiger partial charge in [0.1, 0.15) is 11.3 Å². The summed E-state index contributed by atoms with van der Waals surface area (Å²) in [6, 6.07) is 13.2. The molecule has 0 atom stereocenters. The summed E-state index contributed by atoms with van der Waals surface area (Å²) in [6.45, 7) is 1.56. The molecule has 5 nitrogen and oxygen atoms in total. The van der Waals surface area contributed by atoms with Gasteiger partial charge in [0.2, 0.25) is 0 Å². The maximum atomic E-state index is 12.7. The zero-order valence-corrected chi connectivity index (χ0v) is 14.0. The molecular weight excluding hydrogens is 342 g/mol. The third-order valence-corrected chi connectivity index (χ3v) is 4.23. The molecule has 0 unspecified atom stereocenters. The molecule has 0 fully saturated rings. The first-order chi connectivity index (χ1) is 11.9. The third kappa shape index (κ3) is 3.14. The van der Waals surface area contributed by atoms with Crippen molar-refractivity contribution in [2.24, 2.45) is 0 Å². The number of carboxylic acids is 1. The molecule has 0 saturated heterocycles. The van der Waals surface area contributed by atoms with Crippen molar-refractivity contribution in [3.8, 4) is 5.75 Å². The van der Waals surface area contributed by atoms with Gasteiger partial charge in [-0.15, -0.1) is 0 Å². The highest BCUT2D eigenvalue weighted by molar-refractivity contribution is 6.36. The summed E-state index contributed by atoms with van der Waals surface area (Å²) in [6.07, 6.45) is 0. The number of aromatic hydroxyl groups is 1. The first kappa shape index (κ1) is 16.8. The van der Waals surface area contributed by atoms with E-state index in [2.05, 4.69) is 5.32 Å². The summed E-state index contributed by atoms with van der Waals surface area (Å²) in [5.41, 5.74) is 0.798. The van der Waals surface area contributed by atoms with Crippen LogP contribution in [-0.4, -0.2) is 22.1 Å². The van der Waals surface area contributed by atoms with Gasteiger partial charge in [0.25, 0.3) is 5.91 Å². The lowest BCUT2D eigenvalue weighted by molar-refractivity contribution is 0.0693. The molecule has 0 aromatic heterocycles. The average Bonchev–Trinajstić information content (AvgIpc) is 2.57. The Morgan fingerprint density at radius 3 is 2.40 bits per heavy atom. The van der Waals surface area contributed by atoms with Crippen molar-refractivity contribution in [3.05, 3.63) is 70.2 Å². The number of aryl methyl sites for hydroxylation is 1. The number of carbonyl (C=O) groups excluding carboxylic acids is 1. The lowest BCUT2D eigenvalue weighted by Gasteiger charge is -2.11. The zero-order valence-electron chi connectivity index (χ0n) is 13.2. The topological polar surface area (TPSA) is 86.6 Å². The van der Waals surface area contributed by atoms with Gasteiger partial charge in [-0.25, -0.2) is 4.79 Å². The number of carbonyl (C=O) groups is 2. The molecule has 0 radical (unpaired) electrons. The quantitative estimate of drug-likeness (QED) is 0.605. The van der Waals surface area contributed by atoms with Gasteiger partial charge in [-0.1, -0.05) is 35.9 Å². The predicted octanol–water partition coefficient (Wildman–Crippen LogP) is 4.46. The molecule has 3 aromatic rings. The Morgan fingerprint density at radius 2 is 1.68 bits per heavy atom. The van der Waals surface area contributed by atoms with E-state index in [4.69, 9.17) is 16.7 Å². The summed E-state index contributed by atoms with van der Waals surface area (Å²) in [5, 5.41) is 23.6. The van der Waals surface area contributed by atoms with Crippen LogP contribution in [0.2, 0.25) is 5.02 Å². The molecule has 3 N–H and O–H groups in total. The van der Waals surface area contributed by atoms with Crippen LogP contribution in [0.25, 0.3) is 10.8 Å². The number of amides is 1. The second-order valence-electron chi connectivity index (χ2n) is 5.59. The summed E-state index contributed by atoms with van der Waals surface area (Å²) >= 11 is 6.16. The van der Waals surface area contributed by atoms with E-state index in [9.17, 15) is 14.7 Å². The van der Waals surface area contributed by atoms with Crippen LogP contribution in [0.5, 0.6) is 5.75 Å². The van der Waals surface area contributed by atoms with Crippen LogP contribution in [0.3, 0.4) is 0 Å². The van der Waals surface area contributed by atoms with Crippen molar-refractivity contribution in [2.75, 3.05) is 5.32 Å². The van der Waals surface area contributed by atoms with Gasteiger partial charge >= 0.3 is 5.97 Å². The maximum Gasteiger partial charge on any atom is 0.339 e. The van der Waals surface area contributed by atoms with Gasteiger partial charge in [-0.2, -0.15) is 0 Å². The Kier molecular flexibility index (Phi) is 4.33. The maximum absolute atomic E-state index is 12.7. The molecular formula is C19H14ClNO4. The SMILES string of the molecule is Cc1cc(NC(=O)c2cccc3c(Cl)cccc23)cc(C(=O)O)c1O. The molecule has 126 valence electrons.